The van der Waals surface area contributed by atoms with Crippen molar-refractivity contribution in [3.8, 4) is 0 Å². The number of nitrogens with zero attached hydrogens (tertiary/aromatic N) is 3. The lowest BCUT2D eigenvalue weighted by Crippen LogP contribution is -2.16. The molecule has 0 aromatic carbocycles. The van der Waals surface area contributed by atoms with Crippen molar-refractivity contribution in [2.24, 2.45) is 5.73 Å². The Kier molecular flexibility index (Phi) is 3.41. The van der Waals surface area contributed by atoms with Crippen LogP contribution < -0.4 is 11.1 Å². The molecule has 0 saturated heterocycles. The second kappa shape index (κ2) is 5.01. The van der Waals surface area contributed by atoms with Crippen LogP contribution in [0, 0.1) is 20.8 Å². The summed E-state index contributed by atoms with van der Waals surface area (Å²) in [6.07, 6.45) is 0. The molecule has 98 valence electrons. The largest absolute Gasteiger partial charge is 0.364 e. The van der Waals surface area contributed by atoms with Gasteiger partial charge in [0.2, 0.25) is 0 Å². The van der Waals surface area contributed by atoms with Crippen LogP contribution in [0.3, 0.4) is 0 Å². The SMILES string of the molecule is Cc1cc(C)nc(Nc2cc(C)nnc2C(N)=O)c1. The summed E-state index contributed by atoms with van der Waals surface area (Å²) in [5, 5.41) is 10.7. The fraction of sp³-hybridized carbons (Fsp3) is 0.231. The zero-order chi connectivity index (χ0) is 14.0. The van der Waals surface area contributed by atoms with Crippen LogP contribution in [-0.4, -0.2) is 21.1 Å². The van der Waals surface area contributed by atoms with E-state index < -0.39 is 5.91 Å². The Balaban J connectivity index is 2.42. The van der Waals surface area contributed by atoms with Crippen molar-refractivity contribution in [2.45, 2.75) is 20.8 Å². The van der Waals surface area contributed by atoms with E-state index in [1.54, 1.807) is 13.0 Å². The summed E-state index contributed by atoms with van der Waals surface area (Å²) >= 11 is 0. The highest BCUT2D eigenvalue weighted by Gasteiger charge is 2.12. The summed E-state index contributed by atoms with van der Waals surface area (Å²) in [7, 11) is 0. The third-order valence-electron chi connectivity index (χ3n) is 2.51. The van der Waals surface area contributed by atoms with Crippen LogP contribution in [0.4, 0.5) is 11.5 Å². The number of carbonyl (C=O) groups is 1. The minimum atomic E-state index is -0.626. The van der Waals surface area contributed by atoms with Gasteiger partial charge in [0.1, 0.15) is 5.82 Å². The molecule has 19 heavy (non-hydrogen) atoms. The minimum Gasteiger partial charge on any atom is -0.364 e. The van der Waals surface area contributed by atoms with Crippen molar-refractivity contribution < 1.29 is 4.79 Å². The molecule has 0 spiro atoms. The molecule has 0 fully saturated rings. The average molecular weight is 257 g/mol. The number of hydrogen-bond donors (Lipinski definition) is 2. The first-order chi connectivity index (χ1) is 8.95. The van der Waals surface area contributed by atoms with E-state index in [0.717, 1.165) is 11.3 Å². The van der Waals surface area contributed by atoms with Crippen molar-refractivity contribution in [1.29, 1.82) is 0 Å². The van der Waals surface area contributed by atoms with E-state index in [1.165, 1.54) is 0 Å². The van der Waals surface area contributed by atoms with Crippen LogP contribution in [0.2, 0.25) is 0 Å². The number of pyridine rings is 1. The number of nitrogens with two attached hydrogens (primary N) is 1. The number of anilines is 2. The zero-order valence-electron chi connectivity index (χ0n) is 11.1. The molecule has 3 N–H and O–H groups in total. The Morgan fingerprint density at radius 1 is 1.11 bits per heavy atom. The Labute approximate surface area is 111 Å². The predicted molar refractivity (Wildman–Crippen MR) is 72.3 cm³/mol. The molecule has 2 aromatic heterocycles. The lowest BCUT2D eigenvalue weighted by molar-refractivity contribution is 0.0995. The molecule has 1 amide bonds. The molecular formula is C13H15N5O. The van der Waals surface area contributed by atoms with Crippen LogP contribution in [0.15, 0.2) is 18.2 Å². The summed E-state index contributed by atoms with van der Waals surface area (Å²) in [4.78, 5) is 15.7. The number of primary amides is 1. The number of rotatable bonds is 3. The number of aromatic nitrogens is 3. The van der Waals surface area contributed by atoms with Crippen molar-refractivity contribution in [1.82, 2.24) is 15.2 Å². The first kappa shape index (κ1) is 12.9. The zero-order valence-corrected chi connectivity index (χ0v) is 11.1. The van der Waals surface area contributed by atoms with Crippen molar-refractivity contribution in [2.75, 3.05) is 5.32 Å². The lowest BCUT2D eigenvalue weighted by atomic mass is 10.2. The number of nitrogens with one attached hydrogen (secondary N) is 1. The van der Waals surface area contributed by atoms with Gasteiger partial charge < -0.3 is 11.1 Å². The lowest BCUT2D eigenvalue weighted by Gasteiger charge is -2.10. The molecule has 2 heterocycles. The summed E-state index contributed by atoms with van der Waals surface area (Å²) in [6.45, 7) is 5.67. The number of hydrogen-bond acceptors (Lipinski definition) is 5. The fourth-order valence-electron chi connectivity index (χ4n) is 1.81. The minimum absolute atomic E-state index is 0.103. The van der Waals surface area contributed by atoms with Gasteiger partial charge in [-0.05, 0) is 44.5 Å². The quantitative estimate of drug-likeness (QED) is 0.871. The molecule has 0 aliphatic heterocycles. The first-order valence-corrected chi connectivity index (χ1v) is 5.82. The van der Waals surface area contributed by atoms with Gasteiger partial charge in [-0.2, -0.15) is 5.10 Å². The van der Waals surface area contributed by atoms with E-state index in [9.17, 15) is 4.79 Å². The Morgan fingerprint density at radius 3 is 2.47 bits per heavy atom. The van der Waals surface area contributed by atoms with Gasteiger partial charge in [-0.15, -0.1) is 5.10 Å². The highest BCUT2D eigenvalue weighted by atomic mass is 16.1. The third-order valence-corrected chi connectivity index (χ3v) is 2.51. The maximum Gasteiger partial charge on any atom is 0.271 e. The second-order valence-electron chi connectivity index (χ2n) is 4.41. The molecule has 0 radical (unpaired) electrons. The molecule has 0 unspecified atom stereocenters. The van der Waals surface area contributed by atoms with E-state index in [-0.39, 0.29) is 5.69 Å². The van der Waals surface area contributed by atoms with Gasteiger partial charge in [-0.1, -0.05) is 0 Å². The van der Waals surface area contributed by atoms with Crippen molar-refractivity contribution >= 4 is 17.4 Å². The van der Waals surface area contributed by atoms with Crippen LogP contribution in [0.1, 0.15) is 27.4 Å². The van der Waals surface area contributed by atoms with Crippen molar-refractivity contribution in [3.05, 3.63) is 40.8 Å². The van der Waals surface area contributed by atoms with Gasteiger partial charge in [-0.3, -0.25) is 4.79 Å². The molecule has 0 bridgehead atoms. The molecule has 0 saturated carbocycles. The molecule has 0 atom stereocenters. The fourth-order valence-corrected chi connectivity index (χ4v) is 1.81. The van der Waals surface area contributed by atoms with Gasteiger partial charge in [-0.25, -0.2) is 4.98 Å². The standard InChI is InChI=1S/C13H15N5O/c1-7-4-8(2)15-11(5-7)16-10-6-9(3)17-18-12(10)13(14)19/h4-6H,1-3H3,(H2,14,19)(H,15,16,17). The van der Waals surface area contributed by atoms with Gasteiger partial charge >= 0.3 is 0 Å². The smallest absolute Gasteiger partial charge is 0.271 e. The van der Waals surface area contributed by atoms with Gasteiger partial charge in [0.05, 0.1) is 11.4 Å². The van der Waals surface area contributed by atoms with Crippen LogP contribution in [0.5, 0.6) is 0 Å². The van der Waals surface area contributed by atoms with Crippen LogP contribution in [0.25, 0.3) is 0 Å². The summed E-state index contributed by atoms with van der Waals surface area (Å²) in [5.41, 5.74) is 8.55. The van der Waals surface area contributed by atoms with Crippen LogP contribution in [-0.2, 0) is 0 Å². The molecular weight excluding hydrogens is 242 g/mol. The van der Waals surface area contributed by atoms with E-state index >= 15 is 0 Å². The maximum absolute atomic E-state index is 11.3. The van der Waals surface area contributed by atoms with E-state index in [1.807, 2.05) is 26.0 Å². The topological polar surface area (TPSA) is 93.8 Å². The molecule has 2 aromatic rings. The highest BCUT2D eigenvalue weighted by molar-refractivity contribution is 5.96. The first-order valence-electron chi connectivity index (χ1n) is 5.82. The molecule has 6 heteroatoms. The predicted octanol–water partition coefficient (Wildman–Crippen LogP) is 1.64. The number of aryl methyl sites for hydroxylation is 3. The molecule has 0 aliphatic carbocycles. The van der Waals surface area contributed by atoms with Gasteiger partial charge in [0.15, 0.2) is 5.69 Å². The molecule has 2 rings (SSSR count). The van der Waals surface area contributed by atoms with Crippen molar-refractivity contribution in [3.63, 3.8) is 0 Å². The maximum atomic E-state index is 11.3. The van der Waals surface area contributed by atoms with E-state index in [0.29, 0.717) is 17.2 Å². The van der Waals surface area contributed by atoms with Gasteiger partial charge in [0.25, 0.3) is 5.91 Å². The van der Waals surface area contributed by atoms with Gasteiger partial charge in [0, 0.05) is 5.69 Å². The average Bonchev–Trinajstić information content (AvgIpc) is 2.26. The third kappa shape index (κ3) is 3.04. The van der Waals surface area contributed by atoms with Crippen LogP contribution >= 0.6 is 0 Å². The normalized spacial score (nSPS) is 10.3. The highest BCUT2D eigenvalue weighted by Crippen LogP contribution is 2.19. The molecule has 6 nitrogen and oxygen atoms in total. The second-order valence-corrected chi connectivity index (χ2v) is 4.41. The Hall–Kier alpha value is -2.50. The Morgan fingerprint density at radius 2 is 1.84 bits per heavy atom. The summed E-state index contributed by atoms with van der Waals surface area (Å²) in [6, 6.07) is 5.57. The molecule has 0 aliphatic rings. The van der Waals surface area contributed by atoms with E-state index in [4.69, 9.17) is 5.73 Å². The number of amides is 1. The summed E-state index contributed by atoms with van der Waals surface area (Å²) in [5.74, 6) is 0.0202. The number of carbonyl (C=O) groups excluding carboxylic acids is 1. The van der Waals surface area contributed by atoms with E-state index in [2.05, 4.69) is 20.5 Å². The summed E-state index contributed by atoms with van der Waals surface area (Å²) < 4.78 is 0. The Bertz CT molecular complexity index is 619. The monoisotopic (exact) mass is 257 g/mol.